The Bertz CT molecular complexity index is 1450. The van der Waals surface area contributed by atoms with Gasteiger partial charge in [-0.2, -0.15) is 0 Å². The van der Waals surface area contributed by atoms with E-state index in [1.54, 1.807) is 30.7 Å². The van der Waals surface area contributed by atoms with Gasteiger partial charge >= 0.3 is 0 Å². The third-order valence-electron chi connectivity index (χ3n) is 6.12. The van der Waals surface area contributed by atoms with Crippen LogP contribution in [-0.4, -0.2) is 30.4 Å². The lowest BCUT2D eigenvalue weighted by molar-refractivity contribution is 0.0950. The number of aryl methyl sites for hydroxylation is 1. The molecule has 0 bridgehead atoms. The molecular weight excluding hydrogens is 460 g/mol. The standard InChI is InChI=1S/C27H26N4O3S/c32-27(29-18-21-6-3-7-22(16-21)19-30-15-13-28-20-30)24-9-4-11-25(17-24)35(33,34)31-14-5-10-23-8-1-2-12-26(23)31/h1-4,6-9,11-13,15-17,20H,5,10,14,18-19H2,(H,29,32). The number of para-hydroxylation sites is 1. The van der Waals surface area contributed by atoms with Gasteiger partial charge in [0.25, 0.3) is 15.9 Å². The number of hydrogen-bond acceptors (Lipinski definition) is 4. The fourth-order valence-electron chi connectivity index (χ4n) is 4.39. The lowest BCUT2D eigenvalue weighted by Crippen LogP contribution is -2.35. The molecule has 0 saturated heterocycles. The van der Waals surface area contributed by atoms with Gasteiger partial charge in [-0.15, -0.1) is 0 Å². The van der Waals surface area contributed by atoms with Crippen molar-refractivity contribution in [1.29, 1.82) is 0 Å². The first kappa shape index (κ1) is 22.9. The number of rotatable bonds is 7. The molecule has 1 N–H and O–H groups in total. The van der Waals surface area contributed by atoms with Crippen LogP contribution in [0.2, 0.25) is 0 Å². The molecule has 1 aliphatic heterocycles. The lowest BCUT2D eigenvalue weighted by Gasteiger charge is -2.30. The molecular formula is C27H26N4O3S. The first-order chi connectivity index (χ1) is 17.0. The highest BCUT2D eigenvalue weighted by molar-refractivity contribution is 7.92. The molecule has 1 aromatic heterocycles. The molecule has 5 rings (SSSR count). The lowest BCUT2D eigenvalue weighted by atomic mass is 10.0. The normalized spacial score (nSPS) is 13.3. The van der Waals surface area contributed by atoms with Crippen LogP contribution < -0.4 is 9.62 Å². The van der Waals surface area contributed by atoms with E-state index < -0.39 is 10.0 Å². The molecule has 35 heavy (non-hydrogen) atoms. The summed E-state index contributed by atoms with van der Waals surface area (Å²) >= 11 is 0. The molecule has 1 amide bonds. The Labute approximate surface area is 205 Å². The summed E-state index contributed by atoms with van der Waals surface area (Å²) in [5.74, 6) is -0.318. The van der Waals surface area contributed by atoms with Crippen molar-refractivity contribution in [2.75, 3.05) is 10.8 Å². The van der Waals surface area contributed by atoms with Gasteiger partial charge in [-0.1, -0.05) is 48.5 Å². The van der Waals surface area contributed by atoms with Crippen LogP contribution in [0.5, 0.6) is 0 Å². The highest BCUT2D eigenvalue weighted by atomic mass is 32.2. The molecule has 0 fully saturated rings. The van der Waals surface area contributed by atoms with Crippen molar-refractivity contribution >= 4 is 21.6 Å². The number of hydrogen-bond donors (Lipinski definition) is 1. The number of fused-ring (bicyclic) bond motifs is 1. The molecule has 1 aliphatic rings. The first-order valence-corrected chi connectivity index (χ1v) is 13.0. The largest absolute Gasteiger partial charge is 0.348 e. The zero-order valence-corrected chi connectivity index (χ0v) is 20.0. The molecule has 178 valence electrons. The number of anilines is 1. The molecule has 0 saturated carbocycles. The van der Waals surface area contributed by atoms with Crippen LogP contribution in [0.1, 0.15) is 33.5 Å². The number of amides is 1. The van der Waals surface area contributed by atoms with E-state index in [4.69, 9.17) is 0 Å². The molecule has 0 spiro atoms. The quantitative estimate of drug-likeness (QED) is 0.428. The Morgan fingerprint density at radius 1 is 0.971 bits per heavy atom. The summed E-state index contributed by atoms with van der Waals surface area (Å²) in [6.45, 7) is 1.46. The van der Waals surface area contributed by atoms with Crippen LogP contribution in [-0.2, 0) is 29.5 Å². The predicted molar refractivity (Wildman–Crippen MR) is 135 cm³/mol. The number of carbonyl (C=O) groups excluding carboxylic acids is 1. The summed E-state index contributed by atoms with van der Waals surface area (Å²) in [5, 5.41) is 2.91. The fourth-order valence-corrected chi connectivity index (χ4v) is 5.97. The number of imidazole rings is 1. The summed E-state index contributed by atoms with van der Waals surface area (Å²) in [4.78, 5) is 17.1. The molecule has 3 aromatic carbocycles. The molecule has 8 heteroatoms. The van der Waals surface area contributed by atoms with Crippen molar-refractivity contribution in [3.63, 3.8) is 0 Å². The molecule has 0 radical (unpaired) electrons. The van der Waals surface area contributed by atoms with E-state index in [9.17, 15) is 13.2 Å². The summed E-state index contributed by atoms with van der Waals surface area (Å²) < 4.78 is 30.3. The van der Waals surface area contributed by atoms with Gasteiger partial charge < -0.3 is 9.88 Å². The van der Waals surface area contributed by atoms with Crippen molar-refractivity contribution < 1.29 is 13.2 Å². The van der Waals surface area contributed by atoms with E-state index in [1.165, 1.54) is 10.4 Å². The number of nitrogens with one attached hydrogen (secondary N) is 1. The van der Waals surface area contributed by atoms with E-state index >= 15 is 0 Å². The highest BCUT2D eigenvalue weighted by Gasteiger charge is 2.29. The molecule has 0 aliphatic carbocycles. The topological polar surface area (TPSA) is 84.3 Å². The van der Waals surface area contributed by atoms with Crippen molar-refractivity contribution in [3.8, 4) is 0 Å². The highest BCUT2D eigenvalue weighted by Crippen LogP contribution is 2.31. The second-order valence-corrected chi connectivity index (χ2v) is 10.4. The van der Waals surface area contributed by atoms with Gasteiger partial charge in [-0.25, -0.2) is 13.4 Å². The van der Waals surface area contributed by atoms with Gasteiger partial charge in [0, 0.05) is 37.6 Å². The maximum atomic E-state index is 13.5. The predicted octanol–water partition coefficient (Wildman–Crippen LogP) is 4.00. The second kappa shape index (κ2) is 9.76. The first-order valence-electron chi connectivity index (χ1n) is 11.5. The third kappa shape index (κ3) is 4.97. The number of nitrogens with zero attached hydrogens (tertiary/aromatic N) is 3. The van der Waals surface area contributed by atoms with E-state index in [-0.39, 0.29) is 10.8 Å². The van der Waals surface area contributed by atoms with E-state index in [0.717, 1.165) is 29.5 Å². The average molecular weight is 487 g/mol. The van der Waals surface area contributed by atoms with Crippen LogP contribution in [0.15, 0.2) is 96.4 Å². The molecule has 2 heterocycles. The van der Waals surface area contributed by atoms with Gasteiger partial charge in [0.1, 0.15) is 0 Å². The fraction of sp³-hybridized carbons (Fsp3) is 0.185. The van der Waals surface area contributed by atoms with Crippen LogP contribution >= 0.6 is 0 Å². The Hall–Kier alpha value is -3.91. The third-order valence-corrected chi connectivity index (χ3v) is 7.93. The van der Waals surface area contributed by atoms with Crippen molar-refractivity contribution in [2.45, 2.75) is 30.8 Å². The summed E-state index contributed by atoms with van der Waals surface area (Å²) in [7, 11) is -3.78. The minimum atomic E-state index is -3.78. The SMILES string of the molecule is O=C(NCc1cccc(Cn2ccnc2)c1)c1cccc(S(=O)(=O)N2CCCc3ccccc32)c1. The van der Waals surface area contributed by atoms with Gasteiger partial charge in [-0.3, -0.25) is 9.10 Å². The van der Waals surface area contributed by atoms with Crippen molar-refractivity contribution in [1.82, 2.24) is 14.9 Å². The van der Waals surface area contributed by atoms with Crippen molar-refractivity contribution in [3.05, 3.63) is 114 Å². The Balaban J connectivity index is 1.30. The minimum Gasteiger partial charge on any atom is -0.348 e. The van der Waals surface area contributed by atoms with Crippen molar-refractivity contribution in [2.24, 2.45) is 0 Å². The number of carbonyl (C=O) groups is 1. The molecule has 0 unspecified atom stereocenters. The molecule has 4 aromatic rings. The number of benzene rings is 3. The number of sulfonamides is 1. The van der Waals surface area contributed by atoms with Crippen LogP contribution in [0.4, 0.5) is 5.69 Å². The molecule has 7 nitrogen and oxygen atoms in total. The van der Waals surface area contributed by atoms with Crippen LogP contribution in [0.3, 0.4) is 0 Å². The van der Waals surface area contributed by atoms with E-state index in [0.29, 0.717) is 30.9 Å². The zero-order valence-electron chi connectivity index (χ0n) is 19.2. The van der Waals surface area contributed by atoms with Gasteiger partial charge in [0.2, 0.25) is 0 Å². The minimum absolute atomic E-state index is 0.115. The van der Waals surface area contributed by atoms with E-state index in [1.807, 2.05) is 59.3 Å². The van der Waals surface area contributed by atoms with Crippen LogP contribution in [0, 0.1) is 0 Å². The van der Waals surface area contributed by atoms with Gasteiger partial charge in [0.05, 0.1) is 16.9 Å². The molecule has 0 atom stereocenters. The van der Waals surface area contributed by atoms with E-state index in [2.05, 4.69) is 10.3 Å². The Kier molecular flexibility index (Phi) is 6.37. The second-order valence-electron chi connectivity index (χ2n) is 8.57. The summed E-state index contributed by atoms with van der Waals surface area (Å²) in [6.07, 6.45) is 7.02. The smallest absolute Gasteiger partial charge is 0.264 e. The average Bonchev–Trinajstić information content (AvgIpc) is 3.40. The monoisotopic (exact) mass is 486 g/mol. The Morgan fingerprint density at radius 2 is 1.80 bits per heavy atom. The van der Waals surface area contributed by atoms with Gasteiger partial charge in [0.15, 0.2) is 0 Å². The zero-order chi connectivity index (χ0) is 24.3. The maximum absolute atomic E-state index is 13.5. The number of aromatic nitrogens is 2. The van der Waals surface area contributed by atoms with Gasteiger partial charge in [-0.05, 0) is 53.8 Å². The summed E-state index contributed by atoms with van der Waals surface area (Å²) in [6, 6.07) is 21.8. The van der Waals surface area contributed by atoms with Crippen LogP contribution in [0.25, 0.3) is 0 Å². The maximum Gasteiger partial charge on any atom is 0.264 e. The summed E-state index contributed by atoms with van der Waals surface area (Å²) in [5.41, 5.74) is 4.11. The Morgan fingerprint density at radius 3 is 2.66 bits per heavy atom.